The molecule has 0 radical (unpaired) electrons. The standard InChI is InChI=1S/C38H54N4O9S2/c1-10-13-14-15-16-39-34(43)27(19-22(4)5)42-36(45)26-21-28(52(48,49)11-2)32-30-25(20-29(53(50,51)12-3)33(31(26)30)38(42)47)35(44)41(37(32)46)18-17-40(23(6)7)24(8)9/h20-24,27H,10-19H2,1-9H3,(H,39,43). The molecule has 2 aromatic carbocycles. The van der Waals surface area contributed by atoms with E-state index in [-0.39, 0.29) is 65.0 Å². The van der Waals surface area contributed by atoms with Crippen LogP contribution in [0.2, 0.25) is 0 Å². The van der Waals surface area contributed by atoms with E-state index in [9.17, 15) is 40.8 Å². The van der Waals surface area contributed by atoms with Gasteiger partial charge in [-0.15, -0.1) is 0 Å². The Morgan fingerprint density at radius 1 is 0.717 bits per heavy atom. The van der Waals surface area contributed by atoms with Crippen molar-refractivity contribution >= 4 is 60.0 Å². The van der Waals surface area contributed by atoms with Gasteiger partial charge in [-0.3, -0.25) is 38.7 Å². The van der Waals surface area contributed by atoms with Crippen LogP contribution in [0.3, 0.4) is 0 Å². The van der Waals surface area contributed by atoms with Gasteiger partial charge in [0.2, 0.25) is 5.91 Å². The summed E-state index contributed by atoms with van der Waals surface area (Å²) in [6, 6.07) is 0.785. The van der Waals surface area contributed by atoms with Crippen LogP contribution in [0.5, 0.6) is 0 Å². The molecule has 0 aliphatic carbocycles. The lowest BCUT2D eigenvalue weighted by atomic mass is 9.84. The summed E-state index contributed by atoms with van der Waals surface area (Å²) in [6.07, 6.45) is 3.53. The second kappa shape index (κ2) is 16.4. The number of sulfone groups is 2. The summed E-state index contributed by atoms with van der Waals surface area (Å²) < 4.78 is 55.3. The van der Waals surface area contributed by atoms with Crippen LogP contribution in [0.15, 0.2) is 21.9 Å². The summed E-state index contributed by atoms with van der Waals surface area (Å²) in [5.74, 6) is -5.61. The SMILES string of the molecule is CCCCCCNC(=O)C(CC(C)C)N1C(=O)c2cc(S(=O)(=O)CC)c3c4c(cc(S(=O)(=O)CC)c(c24)C1=O)C(=O)N(CCN(C(C)C)C(C)C)C3=O. The first kappa shape index (κ1) is 42.1. The number of hydrogen-bond acceptors (Lipinski definition) is 10. The molecule has 4 rings (SSSR count). The third kappa shape index (κ3) is 7.93. The predicted octanol–water partition coefficient (Wildman–Crippen LogP) is 4.85. The molecule has 0 bridgehead atoms. The van der Waals surface area contributed by atoms with Gasteiger partial charge in [0.15, 0.2) is 19.7 Å². The van der Waals surface area contributed by atoms with Crippen LogP contribution in [0.25, 0.3) is 10.8 Å². The summed E-state index contributed by atoms with van der Waals surface area (Å²) in [5, 5.41) is 2.30. The maximum absolute atomic E-state index is 14.7. The van der Waals surface area contributed by atoms with Crippen molar-refractivity contribution in [2.75, 3.05) is 31.1 Å². The lowest BCUT2D eigenvalue weighted by Gasteiger charge is -2.37. The summed E-state index contributed by atoms with van der Waals surface area (Å²) in [6.45, 7) is 16.7. The number of nitrogens with zero attached hydrogens (tertiary/aromatic N) is 3. The average Bonchev–Trinajstić information content (AvgIpc) is 3.09. The van der Waals surface area contributed by atoms with Crippen molar-refractivity contribution in [3.63, 3.8) is 0 Å². The van der Waals surface area contributed by atoms with E-state index in [0.29, 0.717) is 13.0 Å². The van der Waals surface area contributed by atoms with Crippen LogP contribution in [-0.4, -0.2) is 110 Å². The number of amides is 5. The Kier molecular flexibility index (Phi) is 13.0. The molecule has 2 aliphatic heterocycles. The molecule has 2 aromatic rings. The van der Waals surface area contributed by atoms with Crippen molar-refractivity contribution in [2.24, 2.45) is 5.92 Å². The van der Waals surface area contributed by atoms with Gasteiger partial charge < -0.3 is 5.32 Å². The number of hydrogen-bond donors (Lipinski definition) is 1. The van der Waals surface area contributed by atoms with Gasteiger partial charge in [-0.25, -0.2) is 16.8 Å². The normalized spacial score (nSPS) is 15.6. The van der Waals surface area contributed by atoms with E-state index in [1.807, 2.05) is 46.4 Å². The summed E-state index contributed by atoms with van der Waals surface area (Å²) in [4.78, 5) is 74.5. The van der Waals surface area contributed by atoms with E-state index < -0.39 is 82.1 Å². The van der Waals surface area contributed by atoms with Crippen LogP contribution in [0.1, 0.15) is 136 Å². The van der Waals surface area contributed by atoms with E-state index >= 15 is 0 Å². The molecule has 0 fully saturated rings. The van der Waals surface area contributed by atoms with Crippen molar-refractivity contribution in [2.45, 2.75) is 122 Å². The number of imide groups is 2. The Morgan fingerprint density at radius 2 is 1.23 bits per heavy atom. The first-order valence-electron chi connectivity index (χ1n) is 18.7. The molecule has 53 heavy (non-hydrogen) atoms. The van der Waals surface area contributed by atoms with Crippen molar-refractivity contribution in [1.82, 2.24) is 20.0 Å². The second-order valence-electron chi connectivity index (χ2n) is 14.8. The minimum Gasteiger partial charge on any atom is -0.354 e. The van der Waals surface area contributed by atoms with Gasteiger partial charge in [0.05, 0.1) is 43.6 Å². The fraction of sp³-hybridized carbons (Fsp3) is 0.605. The third-order valence-electron chi connectivity index (χ3n) is 10.1. The number of carbonyl (C=O) groups is 5. The minimum absolute atomic E-state index is 0.0403. The number of unbranched alkanes of at least 4 members (excludes halogenated alkanes) is 3. The highest BCUT2D eigenvalue weighted by atomic mass is 32.2. The fourth-order valence-corrected chi connectivity index (χ4v) is 9.55. The number of rotatable bonds is 18. The zero-order valence-corrected chi connectivity index (χ0v) is 34.0. The van der Waals surface area contributed by atoms with Gasteiger partial charge in [0, 0.05) is 42.5 Å². The number of benzene rings is 2. The first-order valence-corrected chi connectivity index (χ1v) is 22.0. The topological polar surface area (TPSA) is 175 Å². The Bertz CT molecular complexity index is 2030. The maximum atomic E-state index is 14.7. The van der Waals surface area contributed by atoms with Crippen LogP contribution >= 0.6 is 0 Å². The second-order valence-corrected chi connectivity index (χ2v) is 19.3. The molecule has 15 heteroatoms. The van der Waals surface area contributed by atoms with E-state index in [4.69, 9.17) is 0 Å². The quantitative estimate of drug-likeness (QED) is 0.163. The molecule has 5 amide bonds. The molecule has 13 nitrogen and oxygen atoms in total. The highest BCUT2D eigenvalue weighted by Crippen LogP contribution is 2.44. The zero-order valence-electron chi connectivity index (χ0n) is 32.4. The molecule has 1 N–H and O–H groups in total. The molecule has 2 aliphatic rings. The van der Waals surface area contributed by atoms with Crippen molar-refractivity contribution in [3.8, 4) is 0 Å². The minimum atomic E-state index is -4.29. The van der Waals surface area contributed by atoms with Crippen molar-refractivity contribution < 1.29 is 40.8 Å². The molecule has 0 saturated heterocycles. The van der Waals surface area contributed by atoms with Crippen molar-refractivity contribution in [3.05, 3.63) is 34.4 Å². The lowest BCUT2D eigenvalue weighted by molar-refractivity contribution is -0.125. The summed E-state index contributed by atoms with van der Waals surface area (Å²) in [7, 11) is -8.55. The Hall–Kier alpha value is -3.69. The molecule has 2 heterocycles. The van der Waals surface area contributed by atoms with Gasteiger partial charge in [-0.05, 0) is 58.6 Å². The molecular formula is C38H54N4O9S2. The van der Waals surface area contributed by atoms with Gasteiger partial charge >= 0.3 is 0 Å². The Balaban J connectivity index is 2.05. The van der Waals surface area contributed by atoms with E-state index in [0.717, 1.165) is 41.2 Å². The fourth-order valence-electron chi connectivity index (χ4n) is 7.34. The van der Waals surface area contributed by atoms with Gasteiger partial charge in [0.25, 0.3) is 23.6 Å². The third-order valence-corrected chi connectivity index (χ3v) is 13.6. The summed E-state index contributed by atoms with van der Waals surface area (Å²) >= 11 is 0. The van der Waals surface area contributed by atoms with E-state index in [1.165, 1.54) is 13.8 Å². The summed E-state index contributed by atoms with van der Waals surface area (Å²) in [5.41, 5.74) is -1.52. The first-order chi connectivity index (χ1) is 24.8. The maximum Gasteiger partial charge on any atom is 0.263 e. The van der Waals surface area contributed by atoms with Gasteiger partial charge in [-0.2, -0.15) is 0 Å². The Labute approximate surface area is 313 Å². The Morgan fingerprint density at radius 3 is 1.70 bits per heavy atom. The van der Waals surface area contributed by atoms with Crippen LogP contribution in [0, 0.1) is 5.92 Å². The molecule has 1 unspecified atom stereocenters. The lowest BCUT2D eigenvalue weighted by Crippen LogP contribution is -2.55. The largest absolute Gasteiger partial charge is 0.354 e. The molecule has 1 atom stereocenters. The molecule has 0 spiro atoms. The zero-order chi connectivity index (χ0) is 39.7. The molecular weight excluding hydrogens is 721 g/mol. The van der Waals surface area contributed by atoms with E-state index in [2.05, 4.69) is 12.2 Å². The predicted molar refractivity (Wildman–Crippen MR) is 203 cm³/mol. The highest BCUT2D eigenvalue weighted by Gasteiger charge is 2.48. The van der Waals surface area contributed by atoms with Crippen LogP contribution in [0.4, 0.5) is 0 Å². The smallest absolute Gasteiger partial charge is 0.263 e. The van der Waals surface area contributed by atoms with E-state index in [1.54, 1.807) is 0 Å². The average molecular weight is 775 g/mol. The highest BCUT2D eigenvalue weighted by molar-refractivity contribution is 7.91. The van der Waals surface area contributed by atoms with Crippen LogP contribution in [-0.2, 0) is 24.5 Å². The van der Waals surface area contributed by atoms with Crippen LogP contribution < -0.4 is 5.32 Å². The molecule has 292 valence electrons. The monoisotopic (exact) mass is 774 g/mol. The van der Waals surface area contributed by atoms with Crippen molar-refractivity contribution in [1.29, 1.82) is 0 Å². The van der Waals surface area contributed by atoms with Gasteiger partial charge in [0.1, 0.15) is 6.04 Å². The number of nitrogens with one attached hydrogen (secondary N) is 1. The molecule has 0 saturated carbocycles. The molecule has 0 aromatic heterocycles. The van der Waals surface area contributed by atoms with Gasteiger partial charge in [-0.1, -0.05) is 53.9 Å². The number of carbonyl (C=O) groups excluding carboxylic acids is 5.